The van der Waals surface area contributed by atoms with Crippen molar-refractivity contribution < 1.29 is 23.5 Å². The summed E-state index contributed by atoms with van der Waals surface area (Å²) in [6.07, 6.45) is 1.39. The summed E-state index contributed by atoms with van der Waals surface area (Å²) in [6, 6.07) is 10.5. The van der Waals surface area contributed by atoms with Crippen LogP contribution >= 0.6 is 0 Å². The largest absolute Gasteiger partial charge is 0.486 e. The van der Waals surface area contributed by atoms with E-state index in [4.69, 9.17) is 13.9 Å². The van der Waals surface area contributed by atoms with E-state index >= 15 is 0 Å². The molecule has 0 saturated carbocycles. The zero-order valence-corrected chi connectivity index (χ0v) is 15.4. The average molecular weight is 381 g/mol. The van der Waals surface area contributed by atoms with Crippen molar-refractivity contribution in [3.63, 3.8) is 0 Å². The number of furan rings is 1. The molecule has 0 bridgehead atoms. The van der Waals surface area contributed by atoms with Crippen LogP contribution < -0.4 is 20.3 Å². The Morgan fingerprint density at radius 1 is 0.964 bits per heavy atom. The Kier molecular flexibility index (Phi) is 4.52. The highest BCUT2D eigenvalue weighted by molar-refractivity contribution is 5.99. The van der Waals surface area contributed by atoms with Crippen molar-refractivity contribution in [3.8, 4) is 17.2 Å². The highest BCUT2D eigenvalue weighted by atomic mass is 16.6. The number of aryl methyl sites for hydroxylation is 1. The van der Waals surface area contributed by atoms with E-state index in [-0.39, 0.29) is 5.76 Å². The number of benzene rings is 1. The second kappa shape index (κ2) is 7.15. The summed E-state index contributed by atoms with van der Waals surface area (Å²) in [7, 11) is 0. The van der Waals surface area contributed by atoms with Gasteiger partial charge in [0.2, 0.25) is 0 Å². The Morgan fingerprint density at radius 3 is 2.46 bits per heavy atom. The van der Waals surface area contributed by atoms with Gasteiger partial charge in [-0.3, -0.25) is 20.4 Å². The number of carbonyl (C=O) groups is 2. The van der Waals surface area contributed by atoms with E-state index in [9.17, 15) is 9.59 Å². The van der Waals surface area contributed by atoms with Crippen LogP contribution in [0.5, 0.6) is 11.5 Å². The molecule has 144 valence electrons. The van der Waals surface area contributed by atoms with Crippen LogP contribution in [0.25, 0.3) is 5.69 Å². The van der Waals surface area contributed by atoms with Crippen LogP contribution in [-0.4, -0.2) is 29.6 Å². The first-order valence-electron chi connectivity index (χ1n) is 8.78. The molecule has 4 rings (SSSR count). The minimum absolute atomic E-state index is 0.113. The van der Waals surface area contributed by atoms with Crippen LogP contribution in [0.15, 0.2) is 47.1 Å². The maximum absolute atomic E-state index is 12.6. The van der Waals surface area contributed by atoms with Crippen LogP contribution in [-0.2, 0) is 0 Å². The van der Waals surface area contributed by atoms with Gasteiger partial charge in [0.25, 0.3) is 5.91 Å². The molecule has 0 radical (unpaired) electrons. The third kappa shape index (κ3) is 3.20. The maximum atomic E-state index is 12.6. The third-order valence-corrected chi connectivity index (χ3v) is 4.49. The number of hydrogen-bond donors (Lipinski definition) is 2. The van der Waals surface area contributed by atoms with Gasteiger partial charge in [0.15, 0.2) is 17.3 Å². The molecule has 8 heteroatoms. The normalized spacial score (nSPS) is 12.5. The van der Waals surface area contributed by atoms with E-state index in [1.807, 2.05) is 36.6 Å². The van der Waals surface area contributed by atoms with Crippen LogP contribution in [0.4, 0.5) is 0 Å². The van der Waals surface area contributed by atoms with Gasteiger partial charge < -0.3 is 18.5 Å². The van der Waals surface area contributed by atoms with Crippen molar-refractivity contribution in [1.29, 1.82) is 0 Å². The van der Waals surface area contributed by atoms with Gasteiger partial charge in [-0.2, -0.15) is 0 Å². The number of amides is 2. The lowest BCUT2D eigenvalue weighted by atomic mass is 10.2. The zero-order valence-electron chi connectivity index (χ0n) is 15.4. The molecule has 28 heavy (non-hydrogen) atoms. The number of hydrazine groups is 1. The number of hydrogen-bond acceptors (Lipinski definition) is 5. The van der Waals surface area contributed by atoms with Crippen molar-refractivity contribution >= 4 is 11.8 Å². The Labute approximate surface area is 161 Å². The topological polar surface area (TPSA) is 94.7 Å². The molecule has 1 aliphatic heterocycles. The smallest absolute Gasteiger partial charge is 0.305 e. The van der Waals surface area contributed by atoms with Gasteiger partial charge in [-0.05, 0) is 44.2 Å². The van der Waals surface area contributed by atoms with Gasteiger partial charge in [0, 0.05) is 23.1 Å². The van der Waals surface area contributed by atoms with E-state index in [2.05, 4.69) is 10.9 Å². The van der Waals surface area contributed by atoms with Crippen molar-refractivity contribution in [2.45, 2.75) is 13.8 Å². The molecular weight excluding hydrogens is 362 g/mol. The van der Waals surface area contributed by atoms with Crippen LogP contribution in [0.1, 0.15) is 32.3 Å². The molecule has 0 aliphatic carbocycles. The van der Waals surface area contributed by atoms with Gasteiger partial charge in [-0.1, -0.05) is 0 Å². The number of nitrogens with one attached hydrogen (secondary N) is 2. The Morgan fingerprint density at radius 2 is 1.71 bits per heavy atom. The molecule has 2 N–H and O–H groups in total. The van der Waals surface area contributed by atoms with Crippen molar-refractivity contribution in [2.75, 3.05) is 13.2 Å². The minimum atomic E-state index is -0.529. The zero-order chi connectivity index (χ0) is 19.7. The van der Waals surface area contributed by atoms with Crippen molar-refractivity contribution in [2.24, 2.45) is 0 Å². The lowest BCUT2D eigenvalue weighted by molar-refractivity contribution is 0.0830. The lowest BCUT2D eigenvalue weighted by Crippen LogP contribution is -2.41. The molecule has 0 unspecified atom stereocenters. The van der Waals surface area contributed by atoms with Gasteiger partial charge in [0.05, 0.1) is 11.8 Å². The maximum Gasteiger partial charge on any atom is 0.305 e. The standard InChI is InChI=1S/C20H19N3O5/c1-12-10-15(19(24)21-22-20(25)17-4-3-7-26-17)13(2)23(12)14-5-6-16-18(11-14)28-9-8-27-16/h3-7,10-11H,8-9H2,1-2H3,(H,21,24)(H,22,25). The van der Waals surface area contributed by atoms with E-state index < -0.39 is 11.8 Å². The number of carbonyl (C=O) groups excluding carboxylic acids is 2. The predicted molar refractivity (Wildman–Crippen MR) is 99.9 cm³/mol. The van der Waals surface area contributed by atoms with E-state index in [1.54, 1.807) is 12.1 Å². The first kappa shape index (κ1) is 17.7. The van der Waals surface area contributed by atoms with Crippen LogP contribution in [0.2, 0.25) is 0 Å². The quantitative estimate of drug-likeness (QED) is 0.680. The summed E-state index contributed by atoms with van der Waals surface area (Å²) in [5, 5.41) is 0. The average Bonchev–Trinajstić information content (AvgIpc) is 3.34. The molecule has 8 nitrogen and oxygen atoms in total. The number of fused-ring (bicyclic) bond motifs is 1. The summed E-state index contributed by atoms with van der Waals surface area (Å²) in [5.74, 6) is 0.543. The number of ether oxygens (including phenoxy) is 2. The third-order valence-electron chi connectivity index (χ3n) is 4.49. The van der Waals surface area contributed by atoms with Gasteiger partial charge in [-0.15, -0.1) is 0 Å². The first-order chi connectivity index (χ1) is 13.5. The Bertz CT molecular complexity index is 1040. The van der Waals surface area contributed by atoms with E-state index in [0.717, 1.165) is 17.1 Å². The van der Waals surface area contributed by atoms with Gasteiger partial charge in [-0.25, -0.2) is 0 Å². The minimum Gasteiger partial charge on any atom is -0.486 e. The molecule has 2 amide bonds. The van der Waals surface area contributed by atoms with Crippen LogP contribution in [0.3, 0.4) is 0 Å². The highest BCUT2D eigenvalue weighted by Crippen LogP contribution is 2.33. The summed E-state index contributed by atoms with van der Waals surface area (Å²) in [4.78, 5) is 24.5. The molecule has 1 aliphatic rings. The van der Waals surface area contributed by atoms with E-state index in [0.29, 0.717) is 30.3 Å². The van der Waals surface area contributed by atoms with Gasteiger partial charge in [0.1, 0.15) is 13.2 Å². The molecule has 3 heterocycles. The number of rotatable bonds is 3. The van der Waals surface area contributed by atoms with Gasteiger partial charge >= 0.3 is 5.91 Å². The summed E-state index contributed by atoms with van der Waals surface area (Å²) < 4.78 is 18.1. The van der Waals surface area contributed by atoms with Crippen molar-refractivity contribution in [1.82, 2.24) is 15.4 Å². The number of aromatic nitrogens is 1. The molecule has 1 aromatic carbocycles. The molecular formula is C20H19N3O5. The summed E-state index contributed by atoms with van der Waals surface area (Å²) >= 11 is 0. The fraction of sp³-hybridized carbons (Fsp3) is 0.200. The fourth-order valence-corrected chi connectivity index (χ4v) is 3.21. The molecule has 3 aromatic rings. The summed E-state index contributed by atoms with van der Waals surface area (Å²) in [6.45, 7) is 4.78. The molecule has 0 spiro atoms. The highest BCUT2D eigenvalue weighted by Gasteiger charge is 2.19. The molecule has 0 fully saturated rings. The molecule has 0 atom stereocenters. The SMILES string of the molecule is Cc1cc(C(=O)NNC(=O)c2ccco2)c(C)n1-c1ccc2c(c1)OCCO2. The van der Waals surface area contributed by atoms with Crippen molar-refractivity contribution in [3.05, 3.63) is 65.4 Å². The summed E-state index contributed by atoms with van der Waals surface area (Å²) in [5.41, 5.74) is 7.67. The predicted octanol–water partition coefficient (Wildman–Crippen LogP) is 2.53. The number of nitrogens with zero attached hydrogens (tertiary/aromatic N) is 1. The second-order valence-electron chi connectivity index (χ2n) is 6.33. The van der Waals surface area contributed by atoms with E-state index in [1.165, 1.54) is 12.3 Å². The molecule has 0 saturated heterocycles. The fourth-order valence-electron chi connectivity index (χ4n) is 3.21. The Balaban J connectivity index is 1.55. The monoisotopic (exact) mass is 381 g/mol. The lowest BCUT2D eigenvalue weighted by Gasteiger charge is -2.20. The second-order valence-corrected chi connectivity index (χ2v) is 6.33. The van der Waals surface area contributed by atoms with Crippen LogP contribution in [0, 0.1) is 13.8 Å². The molecule has 2 aromatic heterocycles. The first-order valence-corrected chi connectivity index (χ1v) is 8.78. The Hall–Kier alpha value is -3.68.